The maximum absolute atomic E-state index is 2.35. The van der Waals surface area contributed by atoms with Crippen molar-refractivity contribution in [2.45, 2.75) is 51.4 Å². The molecule has 0 radical (unpaired) electrons. The number of unbranched alkanes of at least 4 members (excludes halogenated alkanes) is 3. The average molecular weight is 238 g/mol. The highest BCUT2D eigenvalue weighted by Crippen LogP contribution is 2.40. The molecule has 1 atom stereocenters. The summed E-state index contributed by atoms with van der Waals surface area (Å²) in [6, 6.07) is 13.6. The van der Waals surface area contributed by atoms with E-state index in [-0.39, 0.29) is 0 Å². The molecule has 0 fully saturated rings. The van der Waals surface area contributed by atoms with Gasteiger partial charge in [-0.1, -0.05) is 69.0 Å². The second kappa shape index (κ2) is 5.14. The third-order valence-corrected chi connectivity index (χ3v) is 4.34. The molecule has 2 aromatic rings. The van der Waals surface area contributed by atoms with Gasteiger partial charge in [0, 0.05) is 0 Å². The van der Waals surface area contributed by atoms with Crippen LogP contribution in [0.3, 0.4) is 0 Å². The molecule has 3 rings (SSSR count). The normalized spacial score (nSPS) is 17.5. The summed E-state index contributed by atoms with van der Waals surface area (Å²) in [6.07, 6.45) is 8.16. The molecule has 1 aliphatic rings. The van der Waals surface area contributed by atoms with Crippen LogP contribution in [0, 0.1) is 0 Å². The van der Waals surface area contributed by atoms with Crippen molar-refractivity contribution in [2.75, 3.05) is 0 Å². The van der Waals surface area contributed by atoms with E-state index in [0.29, 0.717) is 0 Å². The van der Waals surface area contributed by atoms with Gasteiger partial charge < -0.3 is 0 Å². The molecule has 1 aliphatic carbocycles. The molecule has 0 spiro atoms. The Balaban J connectivity index is 1.80. The fraction of sp³-hybridized carbons (Fsp3) is 0.444. The predicted molar refractivity (Wildman–Crippen MR) is 79.2 cm³/mol. The Morgan fingerprint density at radius 1 is 1.00 bits per heavy atom. The first kappa shape index (κ1) is 11.8. The minimum Gasteiger partial charge on any atom is -0.0654 e. The van der Waals surface area contributed by atoms with E-state index in [9.17, 15) is 0 Å². The molecule has 0 aliphatic heterocycles. The van der Waals surface area contributed by atoms with Crippen molar-refractivity contribution in [1.29, 1.82) is 0 Å². The first-order chi connectivity index (χ1) is 8.90. The Bertz CT molecular complexity index is 533. The number of hydrogen-bond donors (Lipinski definition) is 0. The lowest BCUT2D eigenvalue weighted by Crippen LogP contribution is -1.96. The summed E-state index contributed by atoms with van der Waals surface area (Å²) in [5.74, 6) is 0.781. The van der Waals surface area contributed by atoms with E-state index in [0.717, 1.165) is 5.92 Å². The highest BCUT2D eigenvalue weighted by atomic mass is 14.3. The minimum atomic E-state index is 0.781. The molecule has 1 unspecified atom stereocenters. The molecule has 2 aromatic carbocycles. The van der Waals surface area contributed by atoms with Gasteiger partial charge in [-0.15, -0.1) is 0 Å². The van der Waals surface area contributed by atoms with Gasteiger partial charge >= 0.3 is 0 Å². The molecule has 94 valence electrons. The monoisotopic (exact) mass is 238 g/mol. The lowest BCUT2D eigenvalue weighted by Gasteiger charge is -2.11. The van der Waals surface area contributed by atoms with Crippen molar-refractivity contribution in [3.63, 3.8) is 0 Å². The second-order valence-electron chi connectivity index (χ2n) is 5.61. The quantitative estimate of drug-likeness (QED) is 0.608. The molecule has 0 amide bonds. The van der Waals surface area contributed by atoms with Crippen molar-refractivity contribution in [1.82, 2.24) is 0 Å². The maximum Gasteiger partial charge on any atom is -0.0115 e. The fourth-order valence-electron chi connectivity index (χ4n) is 3.41. The molecule has 0 bridgehead atoms. The lowest BCUT2D eigenvalue weighted by atomic mass is 9.94. The number of hydrogen-bond acceptors (Lipinski definition) is 0. The first-order valence-electron chi connectivity index (χ1n) is 7.40. The lowest BCUT2D eigenvalue weighted by molar-refractivity contribution is 0.562. The van der Waals surface area contributed by atoms with Crippen LogP contribution < -0.4 is 0 Å². The molecule has 0 N–H and O–H groups in total. The summed E-state index contributed by atoms with van der Waals surface area (Å²) in [6.45, 7) is 2.28. The van der Waals surface area contributed by atoms with Crippen LogP contribution in [-0.2, 0) is 6.42 Å². The zero-order chi connectivity index (χ0) is 12.4. The van der Waals surface area contributed by atoms with E-state index in [1.165, 1.54) is 43.9 Å². The van der Waals surface area contributed by atoms with E-state index in [4.69, 9.17) is 0 Å². The number of benzene rings is 2. The molecule has 0 heterocycles. The van der Waals surface area contributed by atoms with Crippen LogP contribution in [0.4, 0.5) is 0 Å². The Labute approximate surface area is 110 Å². The Morgan fingerprint density at radius 3 is 2.67 bits per heavy atom. The molecular formula is C18H22. The van der Waals surface area contributed by atoms with E-state index in [2.05, 4.69) is 43.3 Å². The molecule has 0 nitrogen and oxygen atoms in total. The van der Waals surface area contributed by atoms with E-state index in [1.807, 2.05) is 0 Å². The van der Waals surface area contributed by atoms with Gasteiger partial charge in [-0.3, -0.25) is 0 Å². The summed E-state index contributed by atoms with van der Waals surface area (Å²) in [4.78, 5) is 0. The molecule has 0 heteroatoms. The van der Waals surface area contributed by atoms with Gasteiger partial charge in [0.15, 0.2) is 0 Å². The predicted octanol–water partition coefficient (Wildman–Crippen LogP) is 5.45. The average Bonchev–Trinajstić information content (AvgIpc) is 2.76. The SMILES string of the molecule is CCCCCCC1Cc2cccc3cccc1c23. The summed E-state index contributed by atoms with van der Waals surface area (Å²) in [5, 5.41) is 2.99. The largest absolute Gasteiger partial charge is 0.0654 e. The van der Waals surface area contributed by atoms with E-state index < -0.39 is 0 Å². The standard InChI is InChI=1S/C18H22/c1-2-3-4-5-8-15-13-16-11-6-9-14-10-7-12-17(15)18(14)16/h6-7,9-12,15H,2-5,8,13H2,1H3. The van der Waals surface area contributed by atoms with Crippen LogP contribution in [0.2, 0.25) is 0 Å². The van der Waals surface area contributed by atoms with Crippen LogP contribution in [0.5, 0.6) is 0 Å². The Kier molecular flexibility index (Phi) is 3.36. The van der Waals surface area contributed by atoms with Crippen LogP contribution in [0.25, 0.3) is 10.8 Å². The molecular weight excluding hydrogens is 216 g/mol. The highest BCUT2D eigenvalue weighted by molar-refractivity contribution is 5.91. The van der Waals surface area contributed by atoms with Gasteiger partial charge in [0.1, 0.15) is 0 Å². The molecule has 0 aromatic heterocycles. The van der Waals surface area contributed by atoms with Gasteiger partial charge in [-0.05, 0) is 40.7 Å². The summed E-state index contributed by atoms with van der Waals surface area (Å²) in [7, 11) is 0. The third-order valence-electron chi connectivity index (χ3n) is 4.34. The van der Waals surface area contributed by atoms with Gasteiger partial charge in [0.25, 0.3) is 0 Å². The maximum atomic E-state index is 2.35. The van der Waals surface area contributed by atoms with Crippen molar-refractivity contribution in [3.8, 4) is 0 Å². The third kappa shape index (κ3) is 2.05. The van der Waals surface area contributed by atoms with E-state index in [1.54, 1.807) is 16.5 Å². The van der Waals surface area contributed by atoms with Crippen molar-refractivity contribution >= 4 is 10.8 Å². The van der Waals surface area contributed by atoms with Crippen LogP contribution in [0.15, 0.2) is 36.4 Å². The van der Waals surface area contributed by atoms with Crippen LogP contribution in [0.1, 0.15) is 56.1 Å². The second-order valence-corrected chi connectivity index (χ2v) is 5.61. The fourth-order valence-corrected chi connectivity index (χ4v) is 3.41. The summed E-state index contributed by atoms with van der Waals surface area (Å²) < 4.78 is 0. The smallest absolute Gasteiger partial charge is 0.0115 e. The first-order valence-corrected chi connectivity index (χ1v) is 7.40. The topological polar surface area (TPSA) is 0 Å². The van der Waals surface area contributed by atoms with Crippen LogP contribution in [-0.4, -0.2) is 0 Å². The Hall–Kier alpha value is -1.30. The summed E-state index contributed by atoms with van der Waals surface area (Å²) in [5.41, 5.74) is 3.18. The van der Waals surface area contributed by atoms with Crippen LogP contribution >= 0.6 is 0 Å². The zero-order valence-corrected chi connectivity index (χ0v) is 11.3. The zero-order valence-electron chi connectivity index (χ0n) is 11.3. The summed E-state index contributed by atoms with van der Waals surface area (Å²) >= 11 is 0. The number of rotatable bonds is 5. The van der Waals surface area contributed by atoms with Gasteiger partial charge in [-0.25, -0.2) is 0 Å². The molecule has 18 heavy (non-hydrogen) atoms. The van der Waals surface area contributed by atoms with E-state index >= 15 is 0 Å². The van der Waals surface area contributed by atoms with Gasteiger partial charge in [0.2, 0.25) is 0 Å². The van der Waals surface area contributed by atoms with Crippen molar-refractivity contribution in [3.05, 3.63) is 47.5 Å². The van der Waals surface area contributed by atoms with Gasteiger partial charge in [-0.2, -0.15) is 0 Å². The highest BCUT2D eigenvalue weighted by Gasteiger charge is 2.23. The Morgan fingerprint density at radius 2 is 1.83 bits per heavy atom. The van der Waals surface area contributed by atoms with Crippen molar-refractivity contribution in [2.24, 2.45) is 0 Å². The van der Waals surface area contributed by atoms with Crippen molar-refractivity contribution < 1.29 is 0 Å². The molecule has 0 saturated carbocycles. The van der Waals surface area contributed by atoms with Gasteiger partial charge in [0.05, 0.1) is 0 Å². The molecule has 0 saturated heterocycles. The minimum absolute atomic E-state index is 0.781.